The summed E-state index contributed by atoms with van der Waals surface area (Å²) in [6.45, 7) is 5.93. The molecule has 1 saturated heterocycles. The Labute approximate surface area is 131 Å². The SMILES string of the molecule is CCOC(=O)c1ccc(OCC(=O)N2CCCC(C)C2)cc1. The van der Waals surface area contributed by atoms with Gasteiger partial charge < -0.3 is 14.4 Å². The molecule has 1 atom stereocenters. The fourth-order valence-corrected chi connectivity index (χ4v) is 2.55. The van der Waals surface area contributed by atoms with Crippen LogP contribution in [0.3, 0.4) is 0 Å². The minimum Gasteiger partial charge on any atom is -0.484 e. The summed E-state index contributed by atoms with van der Waals surface area (Å²) in [6.07, 6.45) is 2.24. The van der Waals surface area contributed by atoms with Gasteiger partial charge in [0.15, 0.2) is 6.61 Å². The van der Waals surface area contributed by atoms with Crippen LogP contribution in [0.25, 0.3) is 0 Å². The minimum atomic E-state index is -0.354. The maximum atomic E-state index is 12.1. The second-order valence-corrected chi connectivity index (χ2v) is 5.62. The van der Waals surface area contributed by atoms with E-state index in [9.17, 15) is 9.59 Å². The monoisotopic (exact) mass is 305 g/mol. The number of carbonyl (C=O) groups excluding carboxylic acids is 2. The Hall–Kier alpha value is -2.04. The number of esters is 1. The summed E-state index contributed by atoms with van der Waals surface area (Å²) >= 11 is 0. The number of ether oxygens (including phenoxy) is 2. The Morgan fingerprint density at radius 3 is 2.64 bits per heavy atom. The van der Waals surface area contributed by atoms with Crippen molar-refractivity contribution in [1.29, 1.82) is 0 Å². The molecule has 1 aliphatic rings. The molecule has 1 fully saturated rings. The molecule has 0 aromatic heterocycles. The number of amides is 1. The first kappa shape index (κ1) is 16.3. The van der Waals surface area contributed by atoms with Crippen LogP contribution in [0.1, 0.15) is 37.0 Å². The lowest BCUT2D eigenvalue weighted by Gasteiger charge is -2.30. The van der Waals surface area contributed by atoms with Crippen molar-refractivity contribution in [2.45, 2.75) is 26.7 Å². The van der Waals surface area contributed by atoms with Crippen molar-refractivity contribution in [3.05, 3.63) is 29.8 Å². The molecule has 1 unspecified atom stereocenters. The molecule has 0 radical (unpaired) electrons. The van der Waals surface area contributed by atoms with Crippen LogP contribution in [0, 0.1) is 5.92 Å². The highest BCUT2D eigenvalue weighted by Crippen LogP contribution is 2.17. The molecular formula is C17H23NO4. The van der Waals surface area contributed by atoms with Gasteiger partial charge in [-0.1, -0.05) is 6.92 Å². The average molecular weight is 305 g/mol. The van der Waals surface area contributed by atoms with Crippen LogP contribution in [-0.4, -0.2) is 43.1 Å². The molecule has 1 heterocycles. The molecule has 1 aromatic carbocycles. The highest BCUT2D eigenvalue weighted by atomic mass is 16.5. The Morgan fingerprint density at radius 2 is 2.00 bits per heavy atom. The standard InChI is InChI=1S/C17H23NO4/c1-3-21-17(20)14-6-8-15(9-7-14)22-12-16(19)18-10-4-5-13(2)11-18/h6-9,13H,3-5,10-12H2,1-2H3. The van der Waals surface area contributed by atoms with E-state index in [1.807, 2.05) is 4.90 Å². The quantitative estimate of drug-likeness (QED) is 0.784. The van der Waals surface area contributed by atoms with Gasteiger partial charge in [0.2, 0.25) is 0 Å². The predicted octanol–water partition coefficient (Wildman–Crippen LogP) is 2.50. The van der Waals surface area contributed by atoms with Crippen LogP contribution in [0.15, 0.2) is 24.3 Å². The molecule has 22 heavy (non-hydrogen) atoms. The summed E-state index contributed by atoms with van der Waals surface area (Å²) in [6, 6.07) is 6.64. The van der Waals surface area contributed by atoms with Gasteiger partial charge in [-0.3, -0.25) is 4.79 Å². The zero-order valence-corrected chi connectivity index (χ0v) is 13.2. The lowest BCUT2D eigenvalue weighted by molar-refractivity contribution is -0.135. The van der Waals surface area contributed by atoms with E-state index in [1.165, 1.54) is 6.42 Å². The summed E-state index contributed by atoms with van der Waals surface area (Å²) < 4.78 is 10.4. The maximum Gasteiger partial charge on any atom is 0.338 e. The van der Waals surface area contributed by atoms with Crippen LogP contribution < -0.4 is 4.74 Å². The van der Waals surface area contributed by atoms with Crippen LogP contribution in [-0.2, 0) is 9.53 Å². The van der Waals surface area contributed by atoms with Gasteiger partial charge in [0, 0.05) is 13.1 Å². The average Bonchev–Trinajstić information content (AvgIpc) is 2.53. The smallest absolute Gasteiger partial charge is 0.338 e. The van der Waals surface area contributed by atoms with Gasteiger partial charge in [-0.25, -0.2) is 4.79 Å². The molecule has 5 nitrogen and oxygen atoms in total. The lowest BCUT2D eigenvalue weighted by Crippen LogP contribution is -2.41. The summed E-state index contributed by atoms with van der Waals surface area (Å²) in [7, 11) is 0. The molecule has 0 N–H and O–H groups in total. The van der Waals surface area contributed by atoms with E-state index in [4.69, 9.17) is 9.47 Å². The van der Waals surface area contributed by atoms with Crippen molar-refractivity contribution in [3.63, 3.8) is 0 Å². The van der Waals surface area contributed by atoms with Gasteiger partial charge in [0.05, 0.1) is 12.2 Å². The molecule has 2 rings (SSSR count). The topological polar surface area (TPSA) is 55.8 Å². The van der Waals surface area contributed by atoms with Gasteiger partial charge in [0.1, 0.15) is 5.75 Å². The molecule has 5 heteroatoms. The van der Waals surface area contributed by atoms with Crippen molar-refractivity contribution in [1.82, 2.24) is 4.90 Å². The fourth-order valence-electron chi connectivity index (χ4n) is 2.55. The lowest BCUT2D eigenvalue weighted by atomic mass is 10.0. The molecule has 1 amide bonds. The Bertz CT molecular complexity index is 512. The molecular weight excluding hydrogens is 282 g/mol. The second-order valence-electron chi connectivity index (χ2n) is 5.62. The number of hydrogen-bond acceptors (Lipinski definition) is 4. The van der Waals surface area contributed by atoms with Crippen molar-refractivity contribution in [2.24, 2.45) is 5.92 Å². The summed E-state index contributed by atoms with van der Waals surface area (Å²) in [5.74, 6) is 0.793. The van der Waals surface area contributed by atoms with Crippen LogP contribution >= 0.6 is 0 Å². The summed E-state index contributed by atoms with van der Waals surface area (Å²) in [5.41, 5.74) is 0.477. The first-order valence-electron chi connectivity index (χ1n) is 7.78. The third kappa shape index (κ3) is 4.48. The van der Waals surface area contributed by atoms with Gasteiger partial charge >= 0.3 is 5.97 Å². The highest BCUT2D eigenvalue weighted by Gasteiger charge is 2.21. The largest absolute Gasteiger partial charge is 0.484 e. The van der Waals surface area contributed by atoms with Gasteiger partial charge in [-0.2, -0.15) is 0 Å². The van der Waals surface area contributed by atoms with Gasteiger partial charge in [0.25, 0.3) is 5.91 Å². The maximum absolute atomic E-state index is 12.1. The first-order valence-corrected chi connectivity index (χ1v) is 7.78. The number of likely N-dealkylation sites (tertiary alicyclic amines) is 1. The minimum absolute atomic E-state index is 0.0148. The van der Waals surface area contributed by atoms with Crippen LogP contribution in [0.4, 0.5) is 0 Å². The van der Waals surface area contributed by atoms with Gasteiger partial charge in [-0.05, 0) is 49.9 Å². The van der Waals surface area contributed by atoms with E-state index in [0.29, 0.717) is 23.8 Å². The predicted molar refractivity (Wildman–Crippen MR) is 82.9 cm³/mol. The van der Waals surface area contributed by atoms with Crippen molar-refractivity contribution >= 4 is 11.9 Å². The van der Waals surface area contributed by atoms with Crippen LogP contribution in [0.5, 0.6) is 5.75 Å². The molecule has 0 saturated carbocycles. The number of nitrogens with zero attached hydrogens (tertiary/aromatic N) is 1. The first-order chi connectivity index (χ1) is 10.6. The third-order valence-electron chi connectivity index (χ3n) is 3.74. The van der Waals surface area contributed by atoms with E-state index in [2.05, 4.69) is 6.92 Å². The Morgan fingerprint density at radius 1 is 1.27 bits per heavy atom. The Kier molecular flexibility index (Phi) is 5.81. The van der Waals surface area contributed by atoms with Crippen molar-refractivity contribution < 1.29 is 19.1 Å². The number of carbonyl (C=O) groups is 2. The molecule has 0 spiro atoms. The summed E-state index contributed by atoms with van der Waals surface area (Å²) in [4.78, 5) is 25.5. The number of benzene rings is 1. The van der Waals surface area contributed by atoms with E-state index in [-0.39, 0.29) is 18.5 Å². The zero-order valence-electron chi connectivity index (χ0n) is 13.2. The van der Waals surface area contributed by atoms with Gasteiger partial charge in [-0.15, -0.1) is 0 Å². The molecule has 1 aliphatic heterocycles. The zero-order chi connectivity index (χ0) is 15.9. The van der Waals surface area contributed by atoms with E-state index >= 15 is 0 Å². The molecule has 1 aromatic rings. The normalized spacial score (nSPS) is 17.9. The van der Waals surface area contributed by atoms with E-state index < -0.39 is 0 Å². The van der Waals surface area contributed by atoms with Crippen LogP contribution in [0.2, 0.25) is 0 Å². The van der Waals surface area contributed by atoms with E-state index in [0.717, 1.165) is 19.5 Å². The number of piperidine rings is 1. The third-order valence-corrected chi connectivity index (χ3v) is 3.74. The number of rotatable bonds is 5. The van der Waals surface area contributed by atoms with Crippen molar-refractivity contribution in [3.8, 4) is 5.75 Å². The second kappa shape index (κ2) is 7.82. The van der Waals surface area contributed by atoms with E-state index in [1.54, 1.807) is 31.2 Å². The molecule has 0 aliphatic carbocycles. The molecule has 120 valence electrons. The molecule has 0 bridgehead atoms. The fraction of sp³-hybridized carbons (Fsp3) is 0.529. The highest BCUT2D eigenvalue weighted by molar-refractivity contribution is 5.89. The number of hydrogen-bond donors (Lipinski definition) is 0. The Balaban J connectivity index is 1.83. The summed E-state index contributed by atoms with van der Waals surface area (Å²) in [5, 5.41) is 0. The van der Waals surface area contributed by atoms with Crippen molar-refractivity contribution in [2.75, 3.05) is 26.3 Å².